The van der Waals surface area contributed by atoms with E-state index < -0.39 is 0 Å². The lowest BCUT2D eigenvalue weighted by molar-refractivity contribution is 0.386. The molecule has 2 nitrogen and oxygen atoms in total. The van der Waals surface area contributed by atoms with Crippen LogP contribution in [0.5, 0.6) is 5.75 Å². The van der Waals surface area contributed by atoms with E-state index in [9.17, 15) is 0 Å². The summed E-state index contributed by atoms with van der Waals surface area (Å²) >= 11 is 0. The van der Waals surface area contributed by atoms with Gasteiger partial charge in [-0.25, -0.2) is 0 Å². The SMILES string of the molecule is COc1c(CC(C)(C)N)cc(C)cc1C(C)(C)C. The van der Waals surface area contributed by atoms with E-state index in [-0.39, 0.29) is 11.0 Å². The molecule has 0 radical (unpaired) electrons. The summed E-state index contributed by atoms with van der Waals surface area (Å²) in [4.78, 5) is 0. The smallest absolute Gasteiger partial charge is 0.125 e. The van der Waals surface area contributed by atoms with Gasteiger partial charge in [0.25, 0.3) is 0 Å². The minimum Gasteiger partial charge on any atom is -0.496 e. The summed E-state index contributed by atoms with van der Waals surface area (Å²) < 4.78 is 5.65. The average molecular weight is 249 g/mol. The Morgan fingerprint density at radius 1 is 1.11 bits per heavy atom. The standard InChI is InChI=1S/C16H27NO/c1-11-8-12(10-16(5,6)17)14(18-7)13(9-11)15(2,3)4/h8-9H,10,17H2,1-7H3. The molecule has 0 saturated carbocycles. The van der Waals surface area contributed by atoms with Crippen LogP contribution in [0.15, 0.2) is 12.1 Å². The zero-order valence-corrected chi connectivity index (χ0v) is 12.8. The molecular weight excluding hydrogens is 222 g/mol. The second-order valence-electron chi connectivity index (χ2n) is 6.92. The molecule has 0 atom stereocenters. The Morgan fingerprint density at radius 2 is 1.67 bits per heavy atom. The average Bonchev–Trinajstić information content (AvgIpc) is 2.12. The summed E-state index contributed by atoms with van der Waals surface area (Å²) in [5, 5.41) is 0. The monoisotopic (exact) mass is 249 g/mol. The molecule has 0 aliphatic carbocycles. The number of benzene rings is 1. The van der Waals surface area contributed by atoms with E-state index in [4.69, 9.17) is 10.5 Å². The molecule has 1 rings (SSSR count). The van der Waals surface area contributed by atoms with Crippen molar-refractivity contribution in [1.82, 2.24) is 0 Å². The zero-order chi connectivity index (χ0) is 14.1. The Hall–Kier alpha value is -1.02. The molecule has 2 heteroatoms. The number of aryl methyl sites for hydroxylation is 1. The molecular formula is C16H27NO. The van der Waals surface area contributed by atoms with Crippen molar-refractivity contribution in [3.8, 4) is 5.75 Å². The Balaban J connectivity index is 3.39. The topological polar surface area (TPSA) is 35.2 Å². The van der Waals surface area contributed by atoms with Crippen LogP contribution in [0.25, 0.3) is 0 Å². The maximum Gasteiger partial charge on any atom is 0.125 e. The molecule has 2 N–H and O–H groups in total. The molecule has 1 aromatic carbocycles. The van der Waals surface area contributed by atoms with Gasteiger partial charge in [-0.2, -0.15) is 0 Å². The van der Waals surface area contributed by atoms with Gasteiger partial charge in [-0.15, -0.1) is 0 Å². The van der Waals surface area contributed by atoms with Crippen molar-refractivity contribution in [1.29, 1.82) is 0 Å². The van der Waals surface area contributed by atoms with Crippen molar-refractivity contribution >= 4 is 0 Å². The number of hydrogen-bond donors (Lipinski definition) is 1. The van der Waals surface area contributed by atoms with Gasteiger partial charge >= 0.3 is 0 Å². The van der Waals surface area contributed by atoms with Crippen LogP contribution in [0.4, 0.5) is 0 Å². The van der Waals surface area contributed by atoms with Crippen LogP contribution in [0.2, 0.25) is 0 Å². The van der Waals surface area contributed by atoms with E-state index >= 15 is 0 Å². The maximum atomic E-state index is 6.14. The summed E-state index contributed by atoms with van der Waals surface area (Å²) in [5.74, 6) is 0.992. The van der Waals surface area contributed by atoms with E-state index in [0.29, 0.717) is 0 Å². The van der Waals surface area contributed by atoms with Crippen LogP contribution in [-0.4, -0.2) is 12.6 Å². The number of hydrogen-bond acceptors (Lipinski definition) is 2. The minimum atomic E-state index is -0.226. The molecule has 1 aromatic rings. The van der Waals surface area contributed by atoms with Crippen LogP contribution >= 0.6 is 0 Å². The fraction of sp³-hybridized carbons (Fsp3) is 0.625. The van der Waals surface area contributed by atoms with Crippen molar-refractivity contribution in [2.24, 2.45) is 5.73 Å². The largest absolute Gasteiger partial charge is 0.496 e. The van der Waals surface area contributed by atoms with Gasteiger partial charge < -0.3 is 10.5 Å². The highest BCUT2D eigenvalue weighted by molar-refractivity contribution is 5.48. The first kappa shape index (κ1) is 15.0. The first-order valence-corrected chi connectivity index (χ1v) is 6.51. The Labute approximate surface area is 112 Å². The summed E-state index contributed by atoms with van der Waals surface area (Å²) in [6.07, 6.45) is 0.820. The van der Waals surface area contributed by atoms with Gasteiger partial charge in [-0.05, 0) is 38.2 Å². The molecule has 0 heterocycles. The van der Waals surface area contributed by atoms with E-state index in [1.165, 1.54) is 16.7 Å². The number of rotatable bonds is 3. The molecule has 0 amide bonds. The van der Waals surface area contributed by atoms with E-state index in [1.807, 2.05) is 13.8 Å². The van der Waals surface area contributed by atoms with E-state index in [1.54, 1.807) is 7.11 Å². The van der Waals surface area contributed by atoms with Crippen LogP contribution < -0.4 is 10.5 Å². The van der Waals surface area contributed by atoms with Crippen molar-refractivity contribution in [2.75, 3.05) is 7.11 Å². The molecule has 0 unspecified atom stereocenters. The Bertz CT molecular complexity index is 422. The summed E-state index contributed by atoms with van der Waals surface area (Å²) in [5.41, 5.74) is 9.71. The highest BCUT2D eigenvalue weighted by atomic mass is 16.5. The van der Waals surface area contributed by atoms with Gasteiger partial charge in [0.05, 0.1) is 7.11 Å². The Kier molecular flexibility index (Phi) is 4.12. The van der Waals surface area contributed by atoms with E-state index in [0.717, 1.165) is 12.2 Å². The molecule has 0 aliphatic heterocycles. The molecule has 0 aliphatic rings. The normalized spacial score (nSPS) is 12.7. The summed E-state index contributed by atoms with van der Waals surface area (Å²) in [6, 6.07) is 4.40. The van der Waals surface area contributed by atoms with Crippen LogP contribution in [0.3, 0.4) is 0 Å². The lowest BCUT2D eigenvalue weighted by Gasteiger charge is -2.27. The van der Waals surface area contributed by atoms with Gasteiger partial charge in [0.1, 0.15) is 5.75 Å². The lowest BCUT2D eigenvalue weighted by atomic mass is 9.82. The van der Waals surface area contributed by atoms with Gasteiger partial charge in [-0.1, -0.05) is 38.5 Å². The second kappa shape index (κ2) is 4.93. The van der Waals surface area contributed by atoms with Gasteiger partial charge in [0.2, 0.25) is 0 Å². The molecule has 0 spiro atoms. The van der Waals surface area contributed by atoms with Gasteiger partial charge in [0, 0.05) is 11.1 Å². The zero-order valence-electron chi connectivity index (χ0n) is 12.8. The number of ether oxygens (including phenoxy) is 1. The lowest BCUT2D eigenvalue weighted by Crippen LogP contribution is -2.34. The first-order valence-electron chi connectivity index (χ1n) is 6.51. The van der Waals surface area contributed by atoms with Crippen molar-refractivity contribution in [3.63, 3.8) is 0 Å². The van der Waals surface area contributed by atoms with Crippen LogP contribution in [0, 0.1) is 6.92 Å². The third kappa shape index (κ3) is 3.74. The minimum absolute atomic E-state index is 0.0743. The van der Waals surface area contributed by atoms with Crippen LogP contribution in [-0.2, 0) is 11.8 Å². The van der Waals surface area contributed by atoms with Gasteiger partial charge in [-0.3, -0.25) is 0 Å². The van der Waals surface area contributed by atoms with E-state index in [2.05, 4.69) is 39.8 Å². The molecule has 0 saturated heterocycles. The van der Waals surface area contributed by atoms with Crippen molar-refractivity contribution < 1.29 is 4.74 Å². The highest BCUT2D eigenvalue weighted by Crippen LogP contribution is 2.36. The molecule has 18 heavy (non-hydrogen) atoms. The summed E-state index contributed by atoms with van der Waals surface area (Å²) in [7, 11) is 1.74. The fourth-order valence-electron chi connectivity index (χ4n) is 2.27. The molecule has 0 fully saturated rings. The van der Waals surface area contributed by atoms with Crippen molar-refractivity contribution in [3.05, 3.63) is 28.8 Å². The molecule has 0 bridgehead atoms. The predicted octanol–water partition coefficient (Wildman–Crippen LogP) is 3.58. The highest BCUT2D eigenvalue weighted by Gasteiger charge is 2.23. The van der Waals surface area contributed by atoms with Crippen LogP contribution in [0.1, 0.15) is 51.3 Å². The number of nitrogens with two attached hydrogens (primary N) is 1. The third-order valence-electron chi connectivity index (χ3n) is 2.97. The molecule has 102 valence electrons. The number of methoxy groups -OCH3 is 1. The van der Waals surface area contributed by atoms with Crippen molar-refractivity contribution in [2.45, 2.75) is 58.9 Å². The third-order valence-corrected chi connectivity index (χ3v) is 2.97. The maximum absolute atomic E-state index is 6.14. The Morgan fingerprint density at radius 3 is 2.06 bits per heavy atom. The molecule has 0 aromatic heterocycles. The van der Waals surface area contributed by atoms with Gasteiger partial charge in [0.15, 0.2) is 0 Å². The fourth-order valence-corrected chi connectivity index (χ4v) is 2.27. The first-order chi connectivity index (χ1) is 8.04. The second-order valence-corrected chi connectivity index (χ2v) is 6.92. The quantitative estimate of drug-likeness (QED) is 0.888. The predicted molar refractivity (Wildman–Crippen MR) is 78.4 cm³/mol. The summed E-state index contributed by atoms with van der Waals surface area (Å²) in [6.45, 7) is 12.9.